The van der Waals surface area contributed by atoms with E-state index in [2.05, 4.69) is 20.7 Å². The third-order valence-corrected chi connectivity index (χ3v) is 2.81. The molecule has 0 spiro atoms. The first-order chi connectivity index (χ1) is 7.79. The predicted octanol–water partition coefficient (Wildman–Crippen LogP) is 0.254. The minimum absolute atomic E-state index is 0.0139. The second kappa shape index (κ2) is 5.08. The van der Waals surface area contributed by atoms with E-state index in [9.17, 15) is 0 Å². The van der Waals surface area contributed by atoms with E-state index in [1.54, 1.807) is 4.68 Å². The summed E-state index contributed by atoms with van der Waals surface area (Å²) >= 11 is 1.44. The van der Waals surface area contributed by atoms with Gasteiger partial charge in [0.15, 0.2) is 0 Å². The average Bonchev–Trinajstić information content (AvgIpc) is 2.85. The van der Waals surface area contributed by atoms with Crippen molar-refractivity contribution in [2.24, 2.45) is 0 Å². The van der Waals surface area contributed by atoms with Crippen LogP contribution in [0.15, 0.2) is 15.7 Å². The molecule has 0 radical (unpaired) electrons. The van der Waals surface area contributed by atoms with Gasteiger partial charge in [-0.1, -0.05) is 16.9 Å². The summed E-state index contributed by atoms with van der Waals surface area (Å²) < 4.78 is 6.61. The number of rotatable bonds is 5. The maximum atomic E-state index is 8.80. The summed E-state index contributed by atoms with van der Waals surface area (Å²) in [5.41, 5.74) is 0.852. The molecule has 2 aromatic rings. The van der Waals surface area contributed by atoms with Crippen LogP contribution in [0, 0.1) is 6.92 Å². The fourth-order valence-corrected chi connectivity index (χ4v) is 1.93. The molecule has 0 atom stereocenters. The highest BCUT2D eigenvalue weighted by Crippen LogP contribution is 2.19. The van der Waals surface area contributed by atoms with Gasteiger partial charge in [-0.15, -0.1) is 5.10 Å². The molecule has 2 heterocycles. The van der Waals surface area contributed by atoms with Crippen molar-refractivity contribution in [1.29, 1.82) is 0 Å². The topological polar surface area (TPSA) is 89.9 Å². The van der Waals surface area contributed by atoms with E-state index in [1.165, 1.54) is 11.8 Å². The molecule has 0 saturated heterocycles. The van der Waals surface area contributed by atoms with Crippen molar-refractivity contribution < 1.29 is 9.63 Å². The SMILES string of the molecule is Cc1cc(CSc2nnnn2CCO)on1. The minimum Gasteiger partial charge on any atom is -0.394 e. The number of aromatic nitrogens is 5. The zero-order valence-electron chi connectivity index (χ0n) is 8.70. The summed E-state index contributed by atoms with van der Waals surface area (Å²) in [4.78, 5) is 0. The van der Waals surface area contributed by atoms with Crippen molar-refractivity contribution in [1.82, 2.24) is 25.4 Å². The molecular formula is C8H11N5O2S. The number of nitrogens with zero attached hydrogens (tertiary/aromatic N) is 5. The van der Waals surface area contributed by atoms with Gasteiger partial charge in [-0.25, -0.2) is 4.68 Å². The van der Waals surface area contributed by atoms with Gasteiger partial charge >= 0.3 is 0 Å². The number of hydrogen-bond donors (Lipinski definition) is 1. The number of hydrogen-bond acceptors (Lipinski definition) is 7. The summed E-state index contributed by atoms with van der Waals surface area (Å²) in [5, 5.41) is 24.4. The summed E-state index contributed by atoms with van der Waals surface area (Å²) in [6.07, 6.45) is 0. The standard InChI is InChI=1S/C8H11N5O2S/c1-6-4-7(15-10-6)5-16-8-9-11-12-13(8)2-3-14/h4,14H,2-3,5H2,1H3. The Kier molecular flexibility index (Phi) is 3.52. The van der Waals surface area contributed by atoms with Gasteiger partial charge in [0.25, 0.3) is 0 Å². The normalized spacial score (nSPS) is 10.9. The fourth-order valence-electron chi connectivity index (χ4n) is 1.15. The first-order valence-electron chi connectivity index (χ1n) is 4.71. The second-order valence-corrected chi connectivity index (χ2v) is 4.07. The van der Waals surface area contributed by atoms with Crippen LogP contribution in [0.3, 0.4) is 0 Å². The monoisotopic (exact) mass is 241 g/mol. The quantitative estimate of drug-likeness (QED) is 0.750. The summed E-state index contributed by atoms with van der Waals surface area (Å²) in [6.45, 7) is 2.28. The molecule has 0 bridgehead atoms. The van der Waals surface area contributed by atoms with Crippen LogP contribution in [0.2, 0.25) is 0 Å². The van der Waals surface area contributed by atoms with E-state index >= 15 is 0 Å². The molecule has 0 aromatic carbocycles. The Bertz CT molecular complexity index is 455. The molecular weight excluding hydrogens is 230 g/mol. The van der Waals surface area contributed by atoms with Crippen LogP contribution in [-0.4, -0.2) is 37.1 Å². The molecule has 2 rings (SSSR count). The third kappa shape index (κ3) is 2.58. The van der Waals surface area contributed by atoms with Crippen LogP contribution < -0.4 is 0 Å². The predicted molar refractivity (Wildman–Crippen MR) is 55.7 cm³/mol. The maximum Gasteiger partial charge on any atom is 0.209 e. The summed E-state index contributed by atoms with van der Waals surface area (Å²) in [5.74, 6) is 1.40. The van der Waals surface area contributed by atoms with Gasteiger partial charge in [0.05, 0.1) is 24.6 Å². The van der Waals surface area contributed by atoms with Gasteiger partial charge in [0, 0.05) is 6.07 Å². The van der Waals surface area contributed by atoms with Crippen molar-refractivity contribution in [2.45, 2.75) is 24.4 Å². The van der Waals surface area contributed by atoms with E-state index in [0.717, 1.165) is 11.5 Å². The highest BCUT2D eigenvalue weighted by atomic mass is 32.2. The molecule has 16 heavy (non-hydrogen) atoms. The van der Waals surface area contributed by atoms with Gasteiger partial charge in [-0.05, 0) is 17.4 Å². The van der Waals surface area contributed by atoms with Crippen molar-refractivity contribution in [3.63, 3.8) is 0 Å². The number of tetrazole rings is 1. The molecule has 8 heteroatoms. The average molecular weight is 241 g/mol. The van der Waals surface area contributed by atoms with Gasteiger partial charge in [0.2, 0.25) is 5.16 Å². The highest BCUT2D eigenvalue weighted by molar-refractivity contribution is 7.98. The Morgan fingerprint density at radius 3 is 3.12 bits per heavy atom. The van der Waals surface area contributed by atoms with Crippen LogP contribution in [0.1, 0.15) is 11.5 Å². The zero-order chi connectivity index (χ0) is 11.4. The van der Waals surface area contributed by atoms with E-state index in [4.69, 9.17) is 9.63 Å². The molecule has 0 amide bonds. The van der Waals surface area contributed by atoms with Crippen molar-refractivity contribution in [3.05, 3.63) is 17.5 Å². The van der Waals surface area contributed by atoms with E-state index in [1.807, 2.05) is 13.0 Å². The number of thioether (sulfide) groups is 1. The molecule has 2 aromatic heterocycles. The first-order valence-corrected chi connectivity index (χ1v) is 5.70. The van der Waals surface area contributed by atoms with Crippen molar-refractivity contribution in [2.75, 3.05) is 6.61 Å². The fraction of sp³-hybridized carbons (Fsp3) is 0.500. The molecule has 0 saturated carbocycles. The molecule has 0 fully saturated rings. The second-order valence-electron chi connectivity index (χ2n) is 3.13. The molecule has 0 unspecified atom stereocenters. The minimum atomic E-state index is 0.0139. The number of aryl methyl sites for hydroxylation is 1. The lowest BCUT2D eigenvalue weighted by molar-refractivity contribution is 0.262. The van der Waals surface area contributed by atoms with Gasteiger partial charge in [0.1, 0.15) is 5.76 Å². The number of aliphatic hydroxyl groups is 1. The maximum absolute atomic E-state index is 8.80. The van der Waals surface area contributed by atoms with Gasteiger partial charge in [-0.3, -0.25) is 0 Å². The summed E-state index contributed by atoms with van der Waals surface area (Å²) in [6, 6.07) is 1.87. The Morgan fingerprint density at radius 2 is 2.44 bits per heavy atom. The number of aliphatic hydroxyl groups excluding tert-OH is 1. The Balaban J connectivity index is 1.96. The van der Waals surface area contributed by atoms with Gasteiger partial charge < -0.3 is 9.63 Å². The highest BCUT2D eigenvalue weighted by Gasteiger charge is 2.08. The van der Waals surface area contributed by atoms with Crippen LogP contribution in [-0.2, 0) is 12.3 Å². The molecule has 0 aliphatic heterocycles. The lowest BCUT2D eigenvalue weighted by Crippen LogP contribution is -2.05. The third-order valence-electron chi connectivity index (χ3n) is 1.83. The van der Waals surface area contributed by atoms with Gasteiger partial charge in [-0.2, -0.15) is 0 Å². The van der Waals surface area contributed by atoms with Crippen LogP contribution >= 0.6 is 11.8 Å². The van der Waals surface area contributed by atoms with Crippen LogP contribution in [0.25, 0.3) is 0 Å². The lowest BCUT2D eigenvalue weighted by atomic mass is 10.4. The molecule has 0 aliphatic rings. The van der Waals surface area contributed by atoms with E-state index in [-0.39, 0.29) is 6.61 Å². The Hall–Kier alpha value is -1.41. The van der Waals surface area contributed by atoms with Crippen molar-refractivity contribution in [3.8, 4) is 0 Å². The molecule has 1 N–H and O–H groups in total. The lowest BCUT2D eigenvalue weighted by Gasteiger charge is -1.99. The first kappa shape index (κ1) is 11.1. The molecule has 7 nitrogen and oxygen atoms in total. The Morgan fingerprint density at radius 1 is 1.56 bits per heavy atom. The zero-order valence-corrected chi connectivity index (χ0v) is 9.51. The molecule has 0 aliphatic carbocycles. The van der Waals surface area contributed by atoms with Crippen LogP contribution in [0.5, 0.6) is 0 Å². The van der Waals surface area contributed by atoms with E-state index < -0.39 is 0 Å². The summed E-state index contributed by atoms with van der Waals surface area (Å²) in [7, 11) is 0. The van der Waals surface area contributed by atoms with Crippen molar-refractivity contribution >= 4 is 11.8 Å². The molecule has 86 valence electrons. The van der Waals surface area contributed by atoms with E-state index in [0.29, 0.717) is 17.5 Å². The Labute approximate surface area is 95.8 Å². The van der Waals surface area contributed by atoms with Crippen LogP contribution in [0.4, 0.5) is 0 Å². The largest absolute Gasteiger partial charge is 0.394 e. The smallest absolute Gasteiger partial charge is 0.209 e.